The van der Waals surface area contributed by atoms with Crippen molar-refractivity contribution in [3.8, 4) is 0 Å². The van der Waals surface area contributed by atoms with Crippen LogP contribution in [0.1, 0.15) is 40.0 Å². The van der Waals surface area contributed by atoms with Crippen molar-refractivity contribution in [2.45, 2.75) is 46.1 Å². The molecule has 0 rings (SSSR count). The Bertz CT molecular complexity index is 224. The SMILES string of the molecule is CCCNC(C)CCS(=O)(=O)CCC. The van der Waals surface area contributed by atoms with Crippen LogP contribution in [0.2, 0.25) is 0 Å². The first-order chi connectivity index (χ1) is 6.52. The van der Waals surface area contributed by atoms with E-state index in [1.54, 1.807) is 0 Å². The zero-order valence-electron chi connectivity index (χ0n) is 9.54. The lowest BCUT2D eigenvalue weighted by molar-refractivity contribution is 0.525. The fraction of sp³-hybridized carbons (Fsp3) is 1.00. The summed E-state index contributed by atoms with van der Waals surface area (Å²) < 4.78 is 22.8. The molecular weight excluding hydrogens is 198 g/mol. The molecule has 0 radical (unpaired) electrons. The minimum absolute atomic E-state index is 0.307. The molecule has 0 aliphatic heterocycles. The Kier molecular flexibility index (Phi) is 7.19. The summed E-state index contributed by atoms with van der Waals surface area (Å²) in [5, 5.41) is 3.28. The monoisotopic (exact) mass is 221 g/mol. The van der Waals surface area contributed by atoms with E-state index in [9.17, 15) is 8.42 Å². The van der Waals surface area contributed by atoms with Crippen LogP contribution < -0.4 is 5.32 Å². The van der Waals surface area contributed by atoms with Crippen molar-refractivity contribution in [3.05, 3.63) is 0 Å². The fourth-order valence-electron chi connectivity index (χ4n) is 1.26. The van der Waals surface area contributed by atoms with Gasteiger partial charge in [0, 0.05) is 11.8 Å². The molecule has 4 heteroatoms. The molecule has 1 N–H and O–H groups in total. The van der Waals surface area contributed by atoms with E-state index in [4.69, 9.17) is 0 Å². The smallest absolute Gasteiger partial charge is 0.150 e. The topological polar surface area (TPSA) is 46.2 Å². The highest BCUT2D eigenvalue weighted by molar-refractivity contribution is 7.91. The molecule has 1 unspecified atom stereocenters. The molecular formula is C10H23NO2S. The molecule has 3 nitrogen and oxygen atoms in total. The lowest BCUT2D eigenvalue weighted by Gasteiger charge is -2.12. The lowest BCUT2D eigenvalue weighted by Crippen LogP contribution is -2.29. The van der Waals surface area contributed by atoms with Gasteiger partial charge in [-0.05, 0) is 32.7 Å². The molecule has 0 aliphatic carbocycles. The van der Waals surface area contributed by atoms with Gasteiger partial charge in [0.25, 0.3) is 0 Å². The first-order valence-electron chi connectivity index (χ1n) is 5.45. The highest BCUT2D eigenvalue weighted by atomic mass is 32.2. The lowest BCUT2D eigenvalue weighted by atomic mass is 10.2. The Morgan fingerprint density at radius 3 is 2.29 bits per heavy atom. The number of hydrogen-bond donors (Lipinski definition) is 1. The Labute approximate surface area is 88.2 Å². The molecule has 0 aromatic carbocycles. The maximum absolute atomic E-state index is 11.4. The second-order valence-electron chi connectivity index (χ2n) is 3.80. The summed E-state index contributed by atoms with van der Waals surface area (Å²) in [4.78, 5) is 0. The van der Waals surface area contributed by atoms with Gasteiger partial charge in [0.1, 0.15) is 9.84 Å². The van der Waals surface area contributed by atoms with Crippen LogP contribution in [0.25, 0.3) is 0 Å². The van der Waals surface area contributed by atoms with Gasteiger partial charge < -0.3 is 5.32 Å². The normalized spacial score (nSPS) is 14.2. The van der Waals surface area contributed by atoms with Crippen LogP contribution in [-0.4, -0.2) is 32.5 Å². The molecule has 1 atom stereocenters. The summed E-state index contributed by atoms with van der Waals surface area (Å²) in [6.45, 7) is 7.01. The Morgan fingerprint density at radius 2 is 1.79 bits per heavy atom. The molecule has 0 saturated heterocycles. The van der Waals surface area contributed by atoms with Gasteiger partial charge >= 0.3 is 0 Å². The van der Waals surface area contributed by atoms with Crippen LogP contribution in [0.3, 0.4) is 0 Å². The van der Waals surface area contributed by atoms with Crippen LogP contribution in [0.5, 0.6) is 0 Å². The highest BCUT2D eigenvalue weighted by Gasteiger charge is 2.11. The van der Waals surface area contributed by atoms with E-state index in [-0.39, 0.29) is 0 Å². The third kappa shape index (κ3) is 7.33. The zero-order valence-corrected chi connectivity index (χ0v) is 10.4. The summed E-state index contributed by atoms with van der Waals surface area (Å²) in [7, 11) is -2.79. The summed E-state index contributed by atoms with van der Waals surface area (Å²) in [5.41, 5.74) is 0. The first kappa shape index (κ1) is 13.9. The quantitative estimate of drug-likeness (QED) is 0.677. The Hall–Kier alpha value is -0.0900. The molecule has 0 aliphatic rings. The maximum atomic E-state index is 11.4. The van der Waals surface area contributed by atoms with Gasteiger partial charge in [-0.25, -0.2) is 8.42 Å². The number of sulfone groups is 1. The van der Waals surface area contributed by atoms with E-state index < -0.39 is 9.84 Å². The van der Waals surface area contributed by atoms with Gasteiger partial charge in [-0.2, -0.15) is 0 Å². The average molecular weight is 221 g/mol. The van der Waals surface area contributed by atoms with Crippen molar-refractivity contribution in [2.24, 2.45) is 0 Å². The van der Waals surface area contributed by atoms with Crippen LogP contribution in [-0.2, 0) is 9.84 Å². The largest absolute Gasteiger partial charge is 0.314 e. The molecule has 0 aromatic rings. The average Bonchev–Trinajstić information content (AvgIpc) is 2.11. The molecule has 0 spiro atoms. The second-order valence-corrected chi connectivity index (χ2v) is 6.10. The van der Waals surface area contributed by atoms with Gasteiger partial charge in [-0.1, -0.05) is 13.8 Å². The predicted octanol–water partition coefficient (Wildman–Crippen LogP) is 1.59. The van der Waals surface area contributed by atoms with Crippen molar-refractivity contribution >= 4 is 9.84 Å². The fourth-order valence-corrected chi connectivity index (χ4v) is 2.80. The number of rotatable bonds is 8. The summed E-state index contributed by atoms with van der Waals surface area (Å²) in [6.07, 6.45) is 2.54. The Balaban J connectivity index is 3.70. The van der Waals surface area contributed by atoms with Crippen molar-refractivity contribution < 1.29 is 8.42 Å². The van der Waals surface area contributed by atoms with Gasteiger partial charge in [-0.3, -0.25) is 0 Å². The first-order valence-corrected chi connectivity index (χ1v) is 7.27. The molecule has 0 saturated carbocycles. The van der Waals surface area contributed by atoms with E-state index in [0.717, 1.165) is 25.8 Å². The molecule has 0 heterocycles. The minimum atomic E-state index is -2.79. The Morgan fingerprint density at radius 1 is 1.14 bits per heavy atom. The molecule has 14 heavy (non-hydrogen) atoms. The summed E-state index contributed by atoms with van der Waals surface area (Å²) in [5.74, 6) is 0.645. The van der Waals surface area contributed by atoms with Crippen LogP contribution >= 0.6 is 0 Å². The van der Waals surface area contributed by atoms with Gasteiger partial charge in [-0.15, -0.1) is 0 Å². The van der Waals surface area contributed by atoms with Crippen molar-refractivity contribution in [3.63, 3.8) is 0 Å². The van der Waals surface area contributed by atoms with Gasteiger partial charge in [0.2, 0.25) is 0 Å². The van der Waals surface area contributed by atoms with Gasteiger partial charge in [0.05, 0.1) is 5.75 Å². The van der Waals surface area contributed by atoms with E-state index in [2.05, 4.69) is 12.2 Å². The minimum Gasteiger partial charge on any atom is -0.314 e. The van der Waals surface area contributed by atoms with Crippen molar-refractivity contribution in [2.75, 3.05) is 18.1 Å². The molecule has 0 aromatic heterocycles. The third-order valence-corrected chi connectivity index (χ3v) is 4.01. The predicted molar refractivity (Wildman–Crippen MR) is 61.3 cm³/mol. The molecule has 0 fully saturated rings. The van der Waals surface area contributed by atoms with Crippen LogP contribution in [0, 0.1) is 0 Å². The standard InChI is InChI=1S/C10H23NO2S/c1-4-7-11-10(3)6-9-14(12,13)8-5-2/h10-11H,4-9H2,1-3H3. The molecule has 0 bridgehead atoms. The van der Waals surface area contributed by atoms with Crippen LogP contribution in [0.4, 0.5) is 0 Å². The van der Waals surface area contributed by atoms with Crippen LogP contribution in [0.15, 0.2) is 0 Å². The van der Waals surface area contributed by atoms with E-state index in [1.165, 1.54) is 0 Å². The number of nitrogens with one attached hydrogen (secondary N) is 1. The maximum Gasteiger partial charge on any atom is 0.150 e. The van der Waals surface area contributed by atoms with Crippen molar-refractivity contribution in [1.29, 1.82) is 0 Å². The summed E-state index contributed by atoms with van der Waals surface area (Å²) in [6, 6.07) is 0.307. The van der Waals surface area contributed by atoms with E-state index in [0.29, 0.717) is 17.5 Å². The number of hydrogen-bond acceptors (Lipinski definition) is 3. The van der Waals surface area contributed by atoms with Gasteiger partial charge in [0.15, 0.2) is 0 Å². The van der Waals surface area contributed by atoms with E-state index in [1.807, 2.05) is 13.8 Å². The molecule has 86 valence electrons. The third-order valence-electron chi connectivity index (χ3n) is 2.12. The highest BCUT2D eigenvalue weighted by Crippen LogP contribution is 2.00. The molecule has 0 amide bonds. The van der Waals surface area contributed by atoms with E-state index >= 15 is 0 Å². The van der Waals surface area contributed by atoms with Crippen molar-refractivity contribution in [1.82, 2.24) is 5.32 Å². The zero-order chi connectivity index (χ0) is 11.0. The second kappa shape index (κ2) is 7.23. The summed E-state index contributed by atoms with van der Waals surface area (Å²) >= 11 is 0.